The molecule has 1 aromatic heterocycles. The molecule has 0 unspecified atom stereocenters. The molecule has 2 aromatic carbocycles. The Morgan fingerprint density at radius 2 is 1.71 bits per heavy atom. The van der Waals surface area contributed by atoms with E-state index in [1.54, 1.807) is 31.3 Å². The fraction of sp³-hybridized carbons (Fsp3) is 0.211. The number of hydrogen-bond donors (Lipinski definition) is 1. The lowest BCUT2D eigenvalue weighted by Gasteiger charge is -2.14. The van der Waals surface area contributed by atoms with Crippen LogP contribution in [0, 0.1) is 0 Å². The Morgan fingerprint density at radius 1 is 1.08 bits per heavy atom. The average Bonchev–Trinajstić information content (AvgIpc) is 2.63. The Labute approximate surface area is 139 Å². The number of rotatable bonds is 4. The molecule has 24 heavy (non-hydrogen) atoms. The first-order chi connectivity index (χ1) is 11.6. The molecule has 1 N–H and O–H groups in total. The molecular weight excluding hydrogens is 302 g/mol. The van der Waals surface area contributed by atoms with Gasteiger partial charge in [-0.25, -0.2) is 4.68 Å². The van der Waals surface area contributed by atoms with Crippen molar-refractivity contribution in [2.24, 2.45) is 7.05 Å². The maximum absolute atomic E-state index is 12.6. The van der Waals surface area contributed by atoms with Crippen molar-refractivity contribution >= 4 is 16.7 Å². The van der Waals surface area contributed by atoms with Crippen molar-refractivity contribution in [1.29, 1.82) is 0 Å². The standard InChI is InChI=1S/C19H19N3O2/c1-13(14-8-4-3-5-9-14)12-20-18(23)17-15-10-6-7-11-16(15)19(24)22(2)21-17/h3-11,13H,12H2,1-2H3,(H,20,23)/t13-/m1/s1. The molecule has 3 aromatic rings. The van der Waals surface area contributed by atoms with Crippen molar-refractivity contribution in [1.82, 2.24) is 15.1 Å². The minimum Gasteiger partial charge on any atom is -0.350 e. The summed E-state index contributed by atoms with van der Waals surface area (Å²) in [5.74, 6) is -0.0847. The molecule has 1 amide bonds. The third-order valence-electron chi connectivity index (χ3n) is 4.11. The number of amides is 1. The summed E-state index contributed by atoms with van der Waals surface area (Å²) in [6, 6.07) is 17.0. The van der Waals surface area contributed by atoms with Crippen LogP contribution in [0.2, 0.25) is 0 Å². The van der Waals surface area contributed by atoms with Crippen LogP contribution in [-0.4, -0.2) is 22.2 Å². The zero-order valence-corrected chi connectivity index (χ0v) is 13.7. The first-order valence-electron chi connectivity index (χ1n) is 7.87. The molecule has 1 heterocycles. The van der Waals surface area contributed by atoms with Crippen molar-refractivity contribution in [2.45, 2.75) is 12.8 Å². The summed E-state index contributed by atoms with van der Waals surface area (Å²) < 4.78 is 1.21. The van der Waals surface area contributed by atoms with E-state index in [9.17, 15) is 9.59 Å². The van der Waals surface area contributed by atoms with Crippen LogP contribution < -0.4 is 10.9 Å². The topological polar surface area (TPSA) is 64.0 Å². The summed E-state index contributed by atoms with van der Waals surface area (Å²) in [4.78, 5) is 24.7. The lowest BCUT2D eigenvalue weighted by molar-refractivity contribution is 0.0946. The second kappa shape index (κ2) is 6.66. The van der Waals surface area contributed by atoms with Gasteiger partial charge in [0.25, 0.3) is 11.5 Å². The number of aryl methyl sites for hydroxylation is 1. The Balaban J connectivity index is 1.85. The minimum atomic E-state index is -0.274. The monoisotopic (exact) mass is 321 g/mol. The van der Waals surface area contributed by atoms with E-state index >= 15 is 0 Å². The molecule has 5 nitrogen and oxygen atoms in total. The summed E-state index contributed by atoms with van der Waals surface area (Å²) >= 11 is 0. The quantitative estimate of drug-likeness (QED) is 0.803. The number of nitrogens with zero attached hydrogens (tertiary/aromatic N) is 2. The van der Waals surface area contributed by atoms with Gasteiger partial charge in [-0.2, -0.15) is 5.10 Å². The summed E-state index contributed by atoms with van der Waals surface area (Å²) in [5, 5.41) is 8.13. The first kappa shape index (κ1) is 15.9. The van der Waals surface area contributed by atoms with Gasteiger partial charge in [-0.15, -0.1) is 0 Å². The molecule has 3 rings (SSSR count). The SMILES string of the molecule is C[C@H](CNC(=O)c1nn(C)c(=O)c2ccccc12)c1ccccc1. The van der Waals surface area contributed by atoms with Crippen molar-refractivity contribution in [3.63, 3.8) is 0 Å². The highest BCUT2D eigenvalue weighted by atomic mass is 16.2. The number of aromatic nitrogens is 2. The number of benzene rings is 2. The minimum absolute atomic E-state index is 0.189. The predicted molar refractivity (Wildman–Crippen MR) is 94.2 cm³/mol. The van der Waals surface area contributed by atoms with Gasteiger partial charge in [-0.1, -0.05) is 55.5 Å². The Bertz CT molecular complexity index is 932. The molecule has 0 saturated heterocycles. The van der Waals surface area contributed by atoms with Crippen LogP contribution in [0.5, 0.6) is 0 Å². The summed E-state index contributed by atoms with van der Waals surface area (Å²) in [7, 11) is 1.55. The highest BCUT2D eigenvalue weighted by Gasteiger charge is 2.16. The van der Waals surface area contributed by atoms with Crippen LogP contribution in [0.25, 0.3) is 10.8 Å². The van der Waals surface area contributed by atoms with Crippen LogP contribution in [-0.2, 0) is 7.05 Å². The molecule has 5 heteroatoms. The van der Waals surface area contributed by atoms with E-state index in [2.05, 4.69) is 17.3 Å². The van der Waals surface area contributed by atoms with Gasteiger partial charge in [0.05, 0.1) is 5.39 Å². The molecule has 0 aliphatic heterocycles. The first-order valence-corrected chi connectivity index (χ1v) is 7.87. The number of nitrogens with one attached hydrogen (secondary N) is 1. The normalized spacial score (nSPS) is 12.1. The Morgan fingerprint density at radius 3 is 2.42 bits per heavy atom. The number of carbonyl (C=O) groups is 1. The lowest BCUT2D eigenvalue weighted by atomic mass is 10.0. The Kier molecular flexibility index (Phi) is 4.42. The van der Waals surface area contributed by atoms with Gasteiger partial charge >= 0.3 is 0 Å². The molecule has 0 radical (unpaired) electrons. The van der Waals surface area contributed by atoms with Crippen LogP contribution in [0.4, 0.5) is 0 Å². The van der Waals surface area contributed by atoms with Crippen molar-refractivity contribution < 1.29 is 4.79 Å². The van der Waals surface area contributed by atoms with Gasteiger partial charge in [-0.05, 0) is 17.5 Å². The van der Waals surface area contributed by atoms with Crippen LogP contribution >= 0.6 is 0 Å². The lowest BCUT2D eigenvalue weighted by Crippen LogP contribution is -2.31. The van der Waals surface area contributed by atoms with Gasteiger partial charge in [0, 0.05) is 19.0 Å². The van der Waals surface area contributed by atoms with Gasteiger partial charge in [-0.3, -0.25) is 9.59 Å². The third-order valence-corrected chi connectivity index (χ3v) is 4.11. The van der Waals surface area contributed by atoms with Crippen molar-refractivity contribution in [3.05, 3.63) is 76.2 Å². The van der Waals surface area contributed by atoms with E-state index in [0.717, 1.165) is 5.56 Å². The number of hydrogen-bond acceptors (Lipinski definition) is 3. The van der Waals surface area contributed by atoms with E-state index in [4.69, 9.17) is 0 Å². The van der Waals surface area contributed by atoms with E-state index < -0.39 is 0 Å². The van der Waals surface area contributed by atoms with Gasteiger partial charge in [0.2, 0.25) is 0 Å². The van der Waals surface area contributed by atoms with E-state index in [1.807, 2.05) is 30.3 Å². The molecule has 0 bridgehead atoms. The van der Waals surface area contributed by atoms with Gasteiger partial charge in [0.15, 0.2) is 5.69 Å². The largest absolute Gasteiger partial charge is 0.350 e. The fourth-order valence-electron chi connectivity index (χ4n) is 2.70. The molecule has 0 aliphatic rings. The maximum Gasteiger partial charge on any atom is 0.274 e. The van der Waals surface area contributed by atoms with E-state index in [0.29, 0.717) is 17.3 Å². The second-order valence-electron chi connectivity index (χ2n) is 5.84. The van der Waals surface area contributed by atoms with Crippen LogP contribution in [0.1, 0.15) is 28.9 Å². The highest BCUT2D eigenvalue weighted by molar-refractivity contribution is 6.04. The maximum atomic E-state index is 12.6. The van der Waals surface area contributed by atoms with E-state index in [-0.39, 0.29) is 23.1 Å². The number of carbonyl (C=O) groups excluding carboxylic acids is 1. The smallest absolute Gasteiger partial charge is 0.274 e. The third kappa shape index (κ3) is 3.06. The fourth-order valence-corrected chi connectivity index (χ4v) is 2.70. The predicted octanol–water partition coefficient (Wildman–Crippen LogP) is 2.47. The molecule has 1 atom stereocenters. The Hall–Kier alpha value is -2.95. The number of fused-ring (bicyclic) bond motifs is 1. The zero-order chi connectivity index (χ0) is 17.1. The van der Waals surface area contributed by atoms with Crippen LogP contribution in [0.15, 0.2) is 59.4 Å². The van der Waals surface area contributed by atoms with Crippen molar-refractivity contribution in [3.8, 4) is 0 Å². The molecule has 122 valence electrons. The van der Waals surface area contributed by atoms with Gasteiger partial charge < -0.3 is 5.32 Å². The summed E-state index contributed by atoms with van der Waals surface area (Å²) in [5.41, 5.74) is 1.23. The molecule has 0 saturated carbocycles. The molecule has 0 spiro atoms. The van der Waals surface area contributed by atoms with Gasteiger partial charge in [0.1, 0.15) is 0 Å². The molecule has 0 fully saturated rings. The van der Waals surface area contributed by atoms with Crippen LogP contribution in [0.3, 0.4) is 0 Å². The average molecular weight is 321 g/mol. The second-order valence-corrected chi connectivity index (χ2v) is 5.84. The summed E-state index contributed by atoms with van der Waals surface area (Å²) in [6.45, 7) is 2.56. The molecule has 0 aliphatic carbocycles. The molecular formula is C19H19N3O2. The van der Waals surface area contributed by atoms with E-state index in [1.165, 1.54) is 4.68 Å². The zero-order valence-electron chi connectivity index (χ0n) is 13.7. The highest BCUT2D eigenvalue weighted by Crippen LogP contribution is 2.15. The van der Waals surface area contributed by atoms with Crippen molar-refractivity contribution in [2.75, 3.05) is 6.54 Å². The summed E-state index contributed by atoms with van der Waals surface area (Å²) in [6.07, 6.45) is 0.